The molecule has 1 aromatic rings. The first-order valence-corrected chi connectivity index (χ1v) is 10.00. The number of nitrogens with zero attached hydrogens (tertiary/aromatic N) is 2. The van der Waals surface area contributed by atoms with Gasteiger partial charge in [0.25, 0.3) is 0 Å². The molecule has 8 heteroatoms. The molecule has 0 spiro atoms. The van der Waals surface area contributed by atoms with Crippen LogP contribution in [0.25, 0.3) is 0 Å². The number of amides is 1. The Bertz CT molecular complexity index is 601. The lowest BCUT2D eigenvalue weighted by Gasteiger charge is -2.15. The molecule has 1 atom stereocenters. The van der Waals surface area contributed by atoms with Crippen molar-refractivity contribution in [3.05, 3.63) is 34.3 Å². The fourth-order valence-electron chi connectivity index (χ4n) is 2.43. The van der Waals surface area contributed by atoms with Crippen LogP contribution in [0.1, 0.15) is 18.4 Å². The van der Waals surface area contributed by atoms with Gasteiger partial charge in [-0.25, -0.2) is 4.99 Å². The number of halogens is 1. The summed E-state index contributed by atoms with van der Waals surface area (Å²) < 4.78 is 12.1. The van der Waals surface area contributed by atoms with E-state index in [1.165, 1.54) is 0 Å². The smallest absolute Gasteiger partial charge is 0.241 e. The zero-order valence-electron chi connectivity index (χ0n) is 16.0. The quantitative estimate of drug-likeness (QED) is 0.347. The van der Waals surface area contributed by atoms with Crippen molar-refractivity contribution in [1.29, 1.82) is 0 Å². The minimum absolute atomic E-state index is 0.00212. The van der Waals surface area contributed by atoms with Crippen molar-refractivity contribution in [2.75, 3.05) is 47.0 Å². The van der Waals surface area contributed by atoms with E-state index in [0.717, 1.165) is 36.0 Å². The molecule has 0 bridgehead atoms. The number of ether oxygens (including phenoxy) is 2. The Kier molecular flexibility index (Phi) is 9.58. The molecule has 2 rings (SSSR count). The summed E-state index contributed by atoms with van der Waals surface area (Å²) in [6, 6.07) is 8.03. The molecule has 1 aliphatic rings. The number of rotatable bonds is 9. The summed E-state index contributed by atoms with van der Waals surface area (Å²) in [6.45, 7) is 3.62. The predicted molar refractivity (Wildman–Crippen MR) is 110 cm³/mol. The standard InChI is InChI=1S/C19H29BrN4O3/c1-24(2)18(25)13-23-19(22-12-15-4-6-16(20)7-5-15)21-9-3-10-27-17-8-11-26-14-17/h4-7,17H,3,8-14H2,1-2H3,(H2,21,22,23). The van der Waals surface area contributed by atoms with Gasteiger partial charge in [-0.2, -0.15) is 0 Å². The number of benzene rings is 1. The first kappa shape index (κ1) is 21.7. The summed E-state index contributed by atoms with van der Waals surface area (Å²) in [5.41, 5.74) is 1.10. The molecule has 1 aromatic carbocycles. The summed E-state index contributed by atoms with van der Waals surface area (Å²) in [6.07, 6.45) is 2.06. The van der Waals surface area contributed by atoms with Crippen LogP contribution in [-0.4, -0.2) is 69.9 Å². The Balaban J connectivity index is 1.79. The van der Waals surface area contributed by atoms with Gasteiger partial charge in [-0.15, -0.1) is 0 Å². The van der Waals surface area contributed by atoms with Crippen molar-refractivity contribution in [2.45, 2.75) is 25.5 Å². The second-order valence-corrected chi connectivity index (χ2v) is 7.49. The molecule has 1 heterocycles. The molecule has 1 unspecified atom stereocenters. The van der Waals surface area contributed by atoms with Crippen molar-refractivity contribution in [2.24, 2.45) is 4.99 Å². The highest BCUT2D eigenvalue weighted by atomic mass is 79.9. The Labute approximate surface area is 169 Å². The van der Waals surface area contributed by atoms with E-state index in [0.29, 0.717) is 25.7 Å². The van der Waals surface area contributed by atoms with Crippen LogP contribution in [0.5, 0.6) is 0 Å². The van der Waals surface area contributed by atoms with Gasteiger partial charge in [0.2, 0.25) is 5.91 Å². The van der Waals surface area contributed by atoms with Crippen LogP contribution < -0.4 is 10.6 Å². The van der Waals surface area contributed by atoms with Crippen molar-refractivity contribution in [3.8, 4) is 0 Å². The summed E-state index contributed by atoms with van der Waals surface area (Å²) in [5.74, 6) is 0.620. The Morgan fingerprint density at radius 2 is 2.11 bits per heavy atom. The minimum Gasteiger partial charge on any atom is -0.379 e. The van der Waals surface area contributed by atoms with Crippen molar-refractivity contribution >= 4 is 27.8 Å². The van der Waals surface area contributed by atoms with E-state index in [1.54, 1.807) is 19.0 Å². The second-order valence-electron chi connectivity index (χ2n) is 6.57. The van der Waals surface area contributed by atoms with Crippen LogP contribution in [0.2, 0.25) is 0 Å². The lowest BCUT2D eigenvalue weighted by Crippen LogP contribution is -2.43. The summed E-state index contributed by atoms with van der Waals surface area (Å²) >= 11 is 3.43. The van der Waals surface area contributed by atoms with E-state index in [4.69, 9.17) is 9.47 Å². The SMILES string of the molecule is CN(C)C(=O)CNC(=NCc1ccc(Br)cc1)NCCCOC1CCOC1. The number of carbonyl (C=O) groups excluding carboxylic acids is 1. The van der Waals surface area contributed by atoms with Gasteiger partial charge in [0.1, 0.15) is 0 Å². The predicted octanol–water partition coefficient (Wildman–Crippen LogP) is 1.77. The fourth-order valence-corrected chi connectivity index (χ4v) is 2.69. The van der Waals surface area contributed by atoms with Crippen LogP contribution in [0.15, 0.2) is 33.7 Å². The normalized spacial score (nSPS) is 17.0. The van der Waals surface area contributed by atoms with E-state index >= 15 is 0 Å². The highest BCUT2D eigenvalue weighted by Crippen LogP contribution is 2.11. The Morgan fingerprint density at radius 1 is 1.33 bits per heavy atom. The van der Waals surface area contributed by atoms with Crippen LogP contribution in [0, 0.1) is 0 Å². The van der Waals surface area contributed by atoms with E-state index in [9.17, 15) is 4.79 Å². The van der Waals surface area contributed by atoms with Crippen molar-refractivity contribution < 1.29 is 14.3 Å². The van der Waals surface area contributed by atoms with Gasteiger partial charge in [0.15, 0.2) is 5.96 Å². The largest absolute Gasteiger partial charge is 0.379 e. The van der Waals surface area contributed by atoms with Gasteiger partial charge < -0.3 is 25.0 Å². The highest BCUT2D eigenvalue weighted by Gasteiger charge is 2.15. The lowest BCUT2D eigenvalue weighted by molar-refractivity contribution is -0.127. The van der Waals surface area contributed by atoms with Gasteiger partial charge in [0, 0.05) is 38.3 Å². The monoisotopic (exact) mass is 440 g/mol. The first-order valence-electron chi connectivity index (χ1n) is 9.20. The molecule has 0 radical (unpaired) electrons. The van der Waals surface area contributed by atoms with Crippen LogP contribution in [-0.2, 0) is 20.8 Å². The van der Waals surface area contributed by atoms with Gasteiger partial charge in [-0.1, -0.05) is 28.1 Å². The third-order valence-electron chi connectivity index (χ3n) is 4.09. The molecule has 150 valence electrons. The third-order valence-corrected chi connectivity index (χ3v) is 4.62. The molecule has 1 fully saturated rings. The van der Waals surface area contributed by atoms with Crippen molar-refractivity contribution in [1.82, 2.24) is 15.5 Å². The summed E-state index contributed by atoms with van der Waals surface area (Å²) in [5, 5.41) is 6.36. The average Bonchev–Trinajstić information content (AvgIpc) is 3.17. The van der Waals surface area contributed by atoms with E-state index in [-0.39, 0.29) is 18.6 Å². The Morgan fingerprint density at radius 3 is 2.78 bits per heavy atom. The molecule has 0 aromatic heterocycles. The van der Waals surface area contributed by atoms with E-state index in [2.05, 4.69) is 31.6 Å². The maximum Gasteiger partial charge on any atom is 0.241 e. The lowest BCUT2D eigenvalue weighted by atomic mass is 10.2. The zero-order valence-corrected chi connectivity index (χ0v) is 17.6. The number of likely N-dealkylation sites (N-methyl/N-ethyl adjacent to an activating group) is 1. The number of nitrogens with one attached hydrogen (secondary N) is 2. The number of hydrogen-bond acceptors (Lipinski definition) is 4. The van der Waals surface area contributed by atoms with Crippen molar-refractivity contribution in [3.63, 3.8) is 0 Å². The molecule has 27 heavy (non-hydrogen) atoms. The second kappa shape index (κ2) is 11.9. The highest BCUT2D eigenvalue weighted by molar-refractivity contribution is 9.10. The first-order chi connectivity index (χ1) is 13.0. The van der Waals surface area contributed by atoms with Crippen LogP contribution in [0.3, 0.4) is 0 Å². The molecular formula is C19H29BrN4O3. The third kappa shape index (κ3) is 8.73. The summed E-state index contributed by atoms with van der Waals surface area (Å²) in [4.78, 5) is 18.0. The fraction of sp³-hybridized carbons (Fsp3) is 0.579. The number of guanidine groups is 1. The molecule has 1 aliphatic heterocycles. The number of hydrogen-bond donors (Lipinski definition) is 2. The van der Waals surface area contributed by atoms with Gasteiger partial charge in [0.05, 0.1) is 25.8 Å². The van der Waals surface area contributed by atoms with E-state index in [1.807, 2.05) is 24.3 Å². The van der Waals surface area contributed by atoms with Gasteiger partial charge in [-0.05, 0) is 30.5 Å². The average molecular weight is 441 g/mol. The van der Waals surface area contributed by atoms with Crippen LogP contribution >= 0.6 is 15.9 Å². The maximum atomic E-state index is 11.8. The molecule has 1 saturated heterocycles. The van der Waals surface area contributed by atoms with Gasteiger partial charge in [-0.3, -0.25) is 4.79 Å². The van der Waals surface area contributed by atoms with E-state index < -0.39 is 0 Å². The van der Waals surface area contributed by atoms with Crippen LogP contribution in [0.4, 0.5) is 0 Å². The van der Waals surface area contributed by atoms with Gasteiger partial charge >= 0.3 is 0 Å². The summed E-state index contributed by atoms with van der Waals surface area (Å²) in [7, 11) is 3.47. The minimum atomic E-state index is -0.00212. The molecule has 1 amide bonds. The molecule has 0 saturated carbocycles. The number of aliphatic imine (C=N–C) groups is 1. The molecule has 0 aliphatic carbocycles. The Hall–Kier alpha value is -1.64. The molecule has 7 nitrogen and oxygen atoms in total. The topological polar surface area (TPSA) is 75.2 Å². The number of carbonyl (C=O) groups is 1. The maximum absolute atomic E-state index is 11.8. The molecular weight excluding hydrogens is 412 g/mol. The molecule has 2 N–H and O–H groups in total. The zero-order chi connectivity index (χ0) is 19.5.